The summed E-state index contributed by atoms with van der Waals surface area (Å²) in [5, 5.41) is 6.48. The van der Waals surface area contributed by atoms with Gasteiger partial charge in [0.2, 0.25) is 0 Å². The molecule has 3 heteroatoms. The van der Waals surface area contributed by atoms with E-state index in [2.05, 4.69) is 17.6 Å². The minimum absolute atomic E-state index is 0.0525. The fraction of sp³-hybridized carbons (Fsp3) is 0.533. The number of nitrogens with one attached hydrogen (secondary N) is 2. The predicted molar refractivity (Wildman–Crippen MR) is 73.8 cm³/mol. The highest BCUT2D eigenvalue weighted by Gasteiger charge is 2.23. The fourth-order valence-electron chi connectivity index (χ4n) is 2.41. The molecule has 1 aromatic rings. The van der Waals surface area contributed by atoms with Crippen LogP contribution in [0.15, 0.2) is 18.2 Å². The molecule has 3 nitrogen and oxygen atoms in total. The molecule has 1 amide bonds. The second-order valence-corrected chi connectivity index (χ2v) is 5.37. The number of aryl methyl sites for hydroxylation is 2. The van der Waals surface area contributed by atoms with Gasteiger partial charge in [-0.05, 0) is 44.4 Å². The Balaban J connectivity index is 2.09. The van der Waals surface area contributed by atoms with Gasteiger partial charge in [-0.25, -0.2) is 0 Å². The molecule has 2 rings (SSSR count). The summed E-state index contributed by atoms with van der Waals surface area (Å²) < 4.78 is 0. The van der Waals surface area contributed by atoms with Crippen LogP contribution in [0.2, 0.25) is 0 Å². The van der Waals surface area contributed by atoms with Crippen LogP contribution in [0.5, 0.6) is 0 Å². The molecule has 2 atom stereocenters. The summed E-state index contributed by atoms with van der Waals surface area (Å²) >= 11 is 0. The first-order valence-corrected chi connectivity index (χ1v) is 6.67. The van der Waals surface area contributed by atoms with Crippen molar-refractivity contribution < 1.29 is 4.79 Å². The van der Waals surface area contributed by atoms with Crippen LogP contribution in [0.3, 0.4) is 0 Å². The molecule has 0 unspecified atom stereocenters. The van der Waals surface area contributed by atoms with Crippen LogP contribution in [-0.2, 0) is 0 Å². The number of hydrogen-bond acceptors (Lipinski definition) is 2. The summed E-state index contributed by atoms with van der Waals surface area (Å²) in [5.41, 5.74) is 2.96. The van der Waals surface area contributed by atoms with Gasteiger partial charge in [-0.2, -0.15) is 0 Å². The van der Waals surface area contributed by atoms with Crippen molar-refractivity contribution in [3.05, 3.63) is 34.9 Å². The van der Waals surface area contributed by atoms with E-state index in [9.17, 15) is 4.79 Å². The van der Waals surface area contributed by atoms with E-state index in [4.69, 9.17) is 0 Å². The number of hydrogen-bond donors (Lipinski definition) is 2. The standard InChI is InChI=1S/C15H22N2O/c1-10-4-5-11(2)13(8-10)15(18)17-14-9-16-7-6-12(14)3/h4-5,8,12,14,16H,6-7,9H2,1-3H3,(H,17,18)/t12-,14-/m0/s1. The van der Waals surface area contributed by atoms with E-state index in [1.807, 2.05) is 32.0 Å². The maximum atomic E-state index is 12.3. The maximum Gasteiger partial charge on any atom is 0.251 e. The van der Waals surface area contributed by atoms with E-state index in [0.717, 1.165) is 36.2 Å². The molecule has 0 bridgehead atoms. The summed E-state index contributed by atoms with van der Waals surface area (Å²) in [7, 11) is 0. The smallest absolute Gasteiger partial charge is 0.251 e. The van der Waals surface area contributed by atoms with Gasteiger partial charge >= 0.3 is 0 Å². The zero-order chi connectivity index (χ0) is 13.1. The molecule has 1 aromatic carbocycles. The van der Waals surface area contributed by atoms with Crippen molar-refractivity contribution in [1.82, 2.24) is 10.6 Å². The molecule has 0 radical (unpaired) electrons. The summed E-state index contributed by atoms with van der Waals surface area (Å²) in [5.74, 6) is 0.595. The normalized spacial score (nSPS) is 23.7. The van der Waals surface area contributed by atoms with Gasteiger partial charge in [0.1, 0.15) is 0 Å². The molecule has 1 saturated heterocycles. The lowest BCUT2D eigenvalue weighted by molar-refractivity contribution is 0.0914. The molecule has 1 fully saturated rings. The Kier molecular flexibility index (Phi) is 4.02. The third kappa shape index (κ3) is 2.91. The number of benzene rings is 1. The molecule has 0 aromatic heterocycles. The Morgan fingerprint density at radius 1 is 1.39 bits per heavy atom. The molecule has 2 N–H and O–H groups in total. The molecule has 98 valence electrons. The average Bonchev–Trinajstić information content (AvgIpc) is 2.35. The van der Waals surface area contributed by atoms with E-state index >= 15 is 0 Å². The first-order valence-electron chi connectivity index (χ1n) is 6.67. The molecule has 0 saturated carbocycles. The third-order valence-corrected chi connectivity index (χ3v) is 3.78. The molecular formula is C15H22N2O. The van der Waals surface area contributed by atoms with Crippen LogP contribution in [0.4, 0.5) is 0 Å². The highest BCUT2D eigenvalue weighted by molar-refractivity contribution is 5.96. The van der Waals surface area contributed by atoms with Crippen LogP contribution < -0.4 is 10.6 Å². The van der Waals surface area contributed by atoms with Gasteiger partial charge < -0.3 is 10.6 Å². The number of carbonyl (C=O) groups is 1. The van der Waals surface area contributed by atoms with Gasteiger partial charge in [-0.1, -0.05) is 24.6 Å². The number of rotatable bonds is 2. The van der Waals surface area contributed by atoms with Crippen molar-refractivity contribution in [2.24, 2.45) is 5.92 Å². The first kappa shape index (κ1) is 13.1. The minimum Gasteiger partial charge on any atom is -0.348 e. The highest BCUT2D eigenvalue weighted by Crippen LogP contribution is 2.14. The second-order valence-electron chi connectivity index (χ2n) is 5.37. The summed E-state index contributed by atoms with van der Waals surface area (Å²) in [4.78, 5) is 12.3. The third-order valence-electron chi connectivity index (χ3n) is 3.78. The Morgan fingerprint density at radius 3 is 2.89 bits per heavy atom. The topological polar surface area (TPSA) is 41.1 Å². The van der Waals surface area contributed by atoms with Crippen LogP contribution in [0.1, 0.15) is 34.8 Å². The van der Waals surface area contributed by atoms with E-state index < -0.39 is 0 Å². The largest absolute Gasteiger partial charge is 0.348 e. The van der Waals surface area contributed by atoms with Crippen molar-refractivity contribution in [2.75, 3.05) is 13.1 Å². The second kappa shape index (κ2) is 5.53. The predicted octanol–water partition coefficient (Wildman–Crippen LogP) is 2.03. The molecule has 1 aliphatic rings. The maximum absolute atomic E-state index is 12.3. The van der Waals surface area contributed by atoms with Gasteiger partial charge in [0.15, 0.2) is 0 Å². The summed E-state index contributed by atoms with van der Waals surface area (Å²) in [6.07, 6.45) is 1.12. The summed E-state index contributed by atoms with van der Waals surface area (Å²) in [6.45, 7) is 8.13. The zero-order valence-corrected chi connectivity index (χ0v) is 11.4. The molecular weight excluding hydrogens is 224 g/mol. The fourth-order valence-corrected chi connectivity index (χ4v) is 2.41. The van der Waals surface area contributed by atoms with Gasteiger partial charge in [0.05, 0.1) is 0 Å². The summed E-state index contributed by atoms with van der Waals surface area (Å²) in [6, 6.07) is 6.25. The molecule has 0 spiro atoms. The lowest BCUT2D eigenvalue weighted by Gasteiger charge is -2.30. The van der Waals surface area contributed by atoms with Gasteiger partial charge in [0.25, 0.3) is 5.91 Å². The minimum atomic E-state index is 0.0525. The lowest BCUT2D eigenvalue weighted by atomic mass is 9.94. The van der Waals surface area contributed by atoms with Gasteiger partial charge in [0, 0.05) is 18.2 Å². The van der Waals surface area contributed by atoms with Crippen molar-refractivity contribution in [2.45, 2.75) is 33.2 Å². The lowest BCUT2D eigenvalue weighted by Crippen LogP contribution is -2.50. The van der Waals surface area contributed by atoms with E-state index in [0.29, 0.717) is 5.92 Å². The van der Waals surface area contributed by atoms with Crippen molar-refractivity contribution in [1.29, 1.82) is 0 Å². The Hall–Kier alpha value is -1.35. The number of amides is 1. The Labute approximate surface area is 109 Å². The van der Waals surface area contributed by atoms with Gasteiger partial charge in [-0.3, -0.25) is 4.79 Å². The number of carbonyl (C=O) groups excluding carboxylic acids is 1. The van der Waals surface area contributed by atoms with E-state index in [-0.39, 0.29) is 11.9 Å². The van der Waals surface area contributed by atoms with Crippen molar-refractivity contribution >= 4 is 5.91 Å². The van der Waals surface area contributed by atoms with Crippen molar-refractivity contribution in [3.8, 4) is 0 Å². The van der Waals surface area contributed by atoms with E-state index in [1.165, 1.54) is 0 Å². The van der Waals surface area contributed by atoms with Crippen LogP contribution in [0.25, 0.3) is 0 Å². The average molecular weight is 246 g/mol. The SMILES string of the molecule is Cc1ccc(C)c(C(=O)N[C@H]2CNCC[C@@H]2C)c1. The number of piperidine rings is 1. The van der Waals surface area contributed by atoms with Gasteiger partial charge in [-0.15, -0.1) is 0 Å². The highest BCUT2D eigenvalue weighted by atomic mass is 16.1. The van der Waals surface area contributed by atoms with Crippen LogP contribution in [0, 0.1) is 19.8 Å². The molecule has 1 aliphatic heterocycles. The Bertz CT molecular complexity index is 442. The van der Waals surface area contributed by atoms with E-state index in [1.54, 1.807) is 0 Å². The zero-order valence-electron chi connectivity index (χ0n) is 11.4. The first-order chi connectivity index (χ1) is 8.58. The quantitative estimate of drug-likeness (QED) is 0.838. The molecule has 1 heterocycles. The molecule has 18 heavy (non-hydrogen) atoms. The van der Waals surface area contributed by atoms with Crippen molar-refractivity contribution in [3.63, 3.8) is 0 Å². The van der Waals surface area contributed by atoms with Crippen LogP contribution >= 0.6 is 0 Å². The molecule has 0 aliphatic carbocycles. The Morgan fingerprint density at radius 2 is 2.17 bits per heavy atom. The van der Waals surface area contributed by atoms with Crippen LogP contribution in [-0.4, -0.2) is 25.0 Å². The monoisotopic (exact) mass is 246 g/mol.